The highest BCUT2D eigenvalue weighted by atomic mass is 79.9. The third kappa shape index (κ3) is 2.60. The van der Waals surface area contributed by atoms with E-state index < -0.39 is 10.2 Å². The van der Waals surface area contributed by atoms with E-state index in [0.29, 0.717) is 30.4 Å². The lowest BCUT2D eigenvalue weighted by Gasteiger charge is -2.35. The second-order valence-electron chi connectivity index (χ2n) is 4.83. The molecule has 0 spiro atoms. The van der Waals surface area contributed by atoms with Gasteiger partial charge in [0.25, 0.3) is 10.2 Å². The Labute approximate surface area is 106 Å². The molecule has 16 heavy (non-hydrogen) atoms. The zero-order valence-corrected chi connectivity index (χ0v) is 12.0. The summed E-state index contributed by atoms with van der Waals surface area (Å²) in [7, 11) is -1.47. The smallest absolute Gasteiger partial charge is 0.195 e. The normalized spacial score (nSPS) is 31.9. The summed E-state index contributed by atoms with van der Waals surface area (Å²) in [5.74, 6) is 0.534. The molecule has 0 atom stereocenters. The lowest BCUT2D eigenvalue weighted by Crippen LogP contribution is -2.44. The van der Waals surface area contributed by atoms with E-state index in [1.54, 1.807) is 11.4 Å². The standard InChI is InChI=1S/C10H19BrN2O2S/c1-12(8-9-6-10(11)7-9)16(14,15)13-4-2-3-5-13/h9-10H,2-8H2,1H3. The average molecular weight is 311 g/mol. The molecule has 0 amide bonds. The largest absolute Gasteiger partial charge is 0.281 e. The van der Waals surface area contributed by atoms with Gasteiger partial charge < -0.3 is 0 Å². The van der Waals surface area contributed by atoms with Crippen LogP contribution in [0.15, 0.2) is 0 Å². The van der Waals surface area contributed by atoms with Gasteiger partial charge >= 0.3 is 0 Å². The zero-order valence-electron chi connectivity index (χ0n) is 9.60. The van der Waals surface area contributed by atoms with Crippen molar-refractivity contribution in [3.8, 4) is 0 Å². The van der Waals surface area contributed by atoms with Crippen molar-refractivity contribution in [3.05, 3.63) is 0 Å². The molecule has 0 unspecified atom stereocenters. The first-order valence-electron chi connectivity index (χ1n) is 5.85. The zero-order chi connectivity index (χ0) is 11.8. The van der Waals surface area contributed by atoms with Crippen LogP contribution < -0.4 is 0 Å². The molecule has 0 aromatic carbocycles. The molecule has 0 aromatic rings. The molecule has 0 radical (unpaired) electrons. The quantitative estimate of drug-likeness (QED) is 0.737. The first-order valence-corrected chi connectivity index (χ1v) is 8.17. The highest BCUT2D eigenvalue weighted by molar-refractivity contribution is 9.09. The van der Waals surface area contributed by atoms with Crippen molar-refractivity contribution >= 4 is 26.1 Å². The molecule has 1 heterocycles. The fourth-order valence-electron chi connectivity index (χ4n) is 2.38. The molecule has 4 nitrogen and oxygen atoms in total. The van der Waals surface area contributed by atoms with E-state index in [9.17, 15) is 8.42 Å². The monoisotopic (exact) mass is 310 g/mol. The Morgan fingerprint density at radius 2 is 1.88 bits per heavy atom. The van der Waals surface area contributed by atoms with Crippen LogP contribution in [0, 0.1) is 5.92 Å². The highest BCUT2D eigenvalue weighted by Gasteiger charge is 2.34. The predicted molar refractivity (Wildman–Crippen MR) is 67.8 cm³/mol. The van der Waals surface area contributed by atoms with Gasteiger partial charge in [0.1, 0.15) is 0 Å². The van der Waals surface area contributed by atoms with Gasteiger partial charge in [-0.05, 0) is 31.6 Å². The maximum absolute atomic E-state index is 12.1. The van der Waals surface area contributed by atoms with Crippen LogP contribution in [-0.4, -0.2) is 48.5 Å². The van der Waals surface area contributed by atoms with Gasteiger partial charge in [0.2, 0.25) is 0 Å². The Kier molecular flexibility index (Phi) is 3.93. The number of alkyl halides is 1. The summed E-state index contributed by atoms with van der Waals surface area (Å²) in [6, 6.07) is 0. The third-order valence-corrected chi connectivity index (χ3v) is 6.18. The molecular formula is C10H19BrN2O2S. The second-order valence-corrected chi connectivity index (χ2v) is 8.16. The molecule has 2 aliphatic rings. The van der Waals surface area contributed by atoms with Crippen LogP contribution in [0.2, 0.25) is 0 Å². The molecule has 1 saturated heterocycles. The molecular weight excluding hydrogens is 292 g/mol. The molecule has 0 aromatic heterocycles. The number of halogens is 1. The van der Waals surface area contributed by atoms with E-state index in [1.807, 2.05) is 0 Å². The van der Waals surface area contributed by atoms with Gasteiger partial charge in [-0.25, -0.2) is 0 Å². The van der Waals surface area contributed by atoms with Gasteiger partial charge in [-0.1, -0.05) is 15.9 Å². The third-order valence-electron chi connectivity index (χ3n) is 3.48. The topological polar surface area (TPSA) is 40.6 Å². The minimum atomic E-state index is -3.18. The Morgan fingerprint density at radius 3 is 2.38 bits per heavy atom. The number of hydrogen-bond acceptors (Lipinski definition) is 2. The van der Waals surface area contributed by atoms with Crippen LogP contribution in [0.1, 0.15) is 25.7 Å². The highest BCUT2D eigenvalue weighted by Crippen LogP contribution is 2.34. The van der Waals surface area contributed by atoms with Gasteiger partial charge in [0, 0.05) is 31.5 Å². The van der Waals surface area contributed by atoms with Crippen molar-refractivity contribution in [1.82, 2.24) is 8.61 Å². The molecule has 1 saturated carbocycles. The van der Waals surface area contributed by atoms with E-state index in [2.05, 4.69) is 15.9 Å². The fraction of sp³-hybridized carbons (Fsp3) is 1.00. The Bertz CT molecular complexity index is 335. The molecule has 0 N–H and O–H groups in total. The maximum atomic E-state index is 12.1. The predicted octanol–water partition coefficient (Wildman–Crippen LogP) is 1.43. The summed E-state index contributed by atoms with van der Waals surface area (Å²) in [6.07, 6.45) is 4.19. The van der Waals surface area contributed by atoms with Crippen molar-refractivity contribution in [1.29, 1.82) is 0 Å². The molecule has 94 valence electrons. The molecule has 1 aliphatic carbocycles. The van der Waals surface area contributed by atoms with Crippen LogP contribution in [0.25, 0.3) is 0 Å². The van der Waals surface area contributed by atoms with Crippen LogP contribution in [0.5, 0.6) is 0 Å². The van der Waals surface area contributed by atoms with E-state index in [0.717, 1.165) is 25.7 Å². The lowest BCUT2D eigenvalue weighted by atomic mass is 9.85. The Morgan fingerprint density at radius 1 is 1.31 bits per heavy atom. The van der Waals surface area contributed by atoms with Gasteiger partial charge in [-0.3, -0.25) is 0 Å². The van der Waals surface area contributed by atoms with Crippen molar-refractivity contribution in [3.63, 3.8) is 0 Å². The van der Waals surface area contributed by atoms with Crippen LogP contribution in [-0.2, 0) is 10.2 Å². The molecule has 0 bridgehead atoms. The summed E-state index contributed by atoms with van der Waals surface area (Å²) in [6.45, 7) is 2.05. The van der Waals surface area contributed by atoms with Crippen LogP contribution in [0.3, 0.4) is 0 Å². The molecule has 1 aliphatic heterocycles. The summed E-state index contributed by atoms with van der Waals surface area (Å²) in [5, 5.41) is 0. The van der Waals surface area contributed by atoms with Crippen molar-refractivity contribution in [2.75, 3.05) is 26.7 Å². The SMILES string of the molecule is CN(CC1CC(Br)C1)S(=O)(=O)N1CCCC1. The van der Waals surface area contributed by atoms with Gasteiger partial charge in [-0.2, -0.15) is 17.0 Å². The fourth-order valence-corrected chi connectivity index (χ4v) is 4.95. The average Bonchev–Trinajstić information content (AvgIpc) is 2.68. The molecule has 2 fully saturated rings. The number of nitrogens with zero attached hydrogens (tertiary/aromatic N) is 2. The van der Waals surface area contributed by atoms with E-state index in [1.165, 1.54) is 4.31 Å². The summed E-state index contributed by atoms with van der Waals surface area (Å²) in [5.41, 5.74) is 0. The van der Waals surface area contributed by atoms with Gasteiger partial charge in [-0.15, -0.1) is 0 Å². The Hall–Kier alpha value is 0.350. The first-order chi connectivity index (χ1) is 7.50. The summed E-state index contributed by atoms with van der Waals surface area (Å²) < 4.78 is 27.4. The van der Waals surface area contributed by atoms with Crippen molar-refractivity contribution < 1.29 is 8.42 Å². The first kappa shape index (κ1) is 12.8. The minimum Gasteiger partial charge on any atom is -0.195 e. The molecule has 6 heteroatoms. The van der Waals surface area contributed by atoms with Crippen molar-refractivity contribution in [2.24, 2.45) is 5.92 Å². The number of rotatable bonds is 4. The second kappa shape index (κ2) is 4.92. The molecule has 2 rings (SSSR count). The van der Waals surface area contributed by atoms with Crippen LogP contribution in [0.4, 0.5) is 0 Å². The van der Waals surface area contributed by atoms with E-state index >= 15 is 0 Å². The summed E-state index contributed by atoms with van der Waals surface area (Å²) in [4.78, 5) is 0.598. The minimum absolute atomic E-state index is 0.534. The number of hydrogen-bond donors (Lipinski definition) is 0. The van der Waals surface area contributed by atoms with Crippen LogP contribution >= 0.6 is 15.9 Å². The van der Waals surface area contributed by atoms with E-state index in [4.69, 9.17) is 0 Å². The van der Waals surface area contributed by atoms with Crippen molar-refractivity contribution in [2.45, 2.75) is 30.5 Å². The summed E-state index contributed by atoms with van der Waals surface area (Å²) >= 11 is 3.53. The van der Waals surface area contributed by atoms with Gasteiger partial charge in [0.15, 0.2) is 0 Å². The Balaban J connectivity index is 1.89. The lowest BCUT2D eigenvalue weighted by molar-refractivity contribution is 0.266. The van der Waals surface area contributed by atoms with Gasteiger partial charge in [0.05, 0.1) is 0 Å². The van der Waals surface area contributed by atoms with E-state index in [-0.39, 0.29) is 0 Å². The maximum Gasteiger partial charge on any atom is 0.281 e.